The van der Waals surface area contributed by atoms with Crippen LogP contribution in [0.2, 0.25) is 0 Å². The van der Waals surface area contributed by atoms with Crippen molar-refractivity contribution in [1.82, 2.24) is 0 Å². The molecule has 22 heavy (non-hydrogen) atoms. The number of benzene rings is 2. The molecule has 2 amide bonds. The van der Waals surface area contributed by atoms with Crippen molar-refractivity contribution < 1.29 is 14.4 Å². The first-order valence-electron chi connectivity index (χ1n) is 6.57. The zero-order chi connectivity index (χ0) is 15.7. The highest BCUT2D eigenvalue weighted by molar-refractivity contribution is 9.10. The van der Waals surface area contributed by atoms with Gasteiger partial charge in [-0.3, -0.25) is 14.4 Å². The standard InChI is InChI=1S/C16H11BrN2O3/c17-9-5-7-10(8-6-9)18-16(22)14(20)13-11-3-1-2-4-12(11)19-15(13)21/h1-8,13H,(H,18,22)(H,19,21). The van der Waals surface area contributed by atoms with Crippen LogP contribution in [-0.2, 0) is 14.4 Å². The van der Waals surface area contributed by atoms with Crippen molar-refractivity contribution in [3.05, 3.63) is 58.6 Å². The topological polar surface area (TPSA) is 75.3 Å². The van der Waals surface area contributed by atoms with Crippen LogP contribution < -0.4 is 10.6 Å². The van der Waals surface area contributed by atoms with Gasteiger partial charge in [0.25, 0.3) is 5.91 Å². The molecular formula is C16H11BrN2O3. The number of hydrogen-bond acceptors (Lipinski definition) is 3. The molecule has 3 rings (SSSR count). The molecule has 0 radical (unpaired) electrons. The van der Waals surface area contributed by atoms with Gasteiger partial charge in [0.15, 0.2) is 0 Å². The largest absolute Gasteiger partial charge is 0.325 e. The first kappa shape index (κ1) is 14.5. The molecule has 2 aromatic carbocycles. The predicted octanol–water partition coefficient (Wildman–Crippen LogP) is 2.69. The van der Waals surface area contributed by atoms with E-state index in [0.717, 1.165) is 4.47 Å². The van der Waals surface area contributed by atoms with E-state index in [1.165, 1.54) is 0 Å². The molecule has 2 N–H and O–H groups in total. The zero-order valence-corrected chi connectivity index (χ0v) is 12.9. The van der Waals surface area contributed by atoms with E-state index in [2.05, 4.69) is 26.6 Å². The molecule has 1 aliphatic rings. The van der Waals surface area contributed by atoms with Crippen molar-refractivity contribution in [2.75, 3.05) is 10.6 Å². The smallest absolute Gasteiger partial charge is 0.292 e. The fourth-order valence-electron chi connectivity index (χ4n) is 2.33. The van der Waals surface area contributed by atoms with Crippen LogP contribution in [0.15, 0.2) is 53.0 Å². The summed E-state index contributed by atoms with van der Waals surface area (Å²) >= 11 is 3.29. The van der Waals surface area contributed by atoms with Gasteiger partial charge < -0.3 is 10.6 Å². The first-order chi connectivity index (χ1) is 10.6. The van der Waals surface area contributed by atoms with Gasteiger partial charge in [-0.25, -0.2) is 0 Å². The number of amides is 2. The summed E-state index contributed by atoms with van der Waals surface area (Å²) in [5.41, 5.74) is 1.60. The summed E-state index contributed by atoms with van der Waals surface area (Å²) in [6.45, 7) is 0. The van der Waals surface area contributed by atoms with Crippen molar-refractivity contribution in [2.24, 2.45) is 0 Å². The Morgan fingerprint density at radius 2 is 1.73 bits per heavy atom. The Hall–Kier alpha value is -2.47. The SMILES string of the molecule is O=C(Nc1ccc(Br)cc1)C(=O)C1C(=O)Nc2ccccc21. The highest BCUT2D eigenvalue weighted by Crippen LogP contribution is 2.32. The Morgan fingerprint density at radius 3 is 2.45 bits per heavy atom. The number of anilines is 2. The zero-order valence-electron chi connectivity index (χ0n) is 11.3. The summed E-state index contributed by atoms with van der Waals surface area (Å²) in [4.78, 5) is 36.4. The van der Waals surface area contributed by atoms with Gasteiger partial charge in [0.05, 0.1) is 0 Å². The maximum Gasteiger partial charge on any atom is 0.292 e. The Balaban J connectivity index is 1.80. The van der Waals surface area contributed by atoms with Crippen LogP contribution in [0.3, 0.4) is 0 Å². The Labute approximate surface area is 134 Å². The average molecular weight is 359 g/mol. The van der Waals surface area contributed by atoms with Crippen molar-refractivity contribution in [3.63, 3.8) is 0 Å². The van der Waals surface area contributed by atoms with Gasteiger partial charge in [-0.15, -0.1) is 0 Å². The van der Waals surface area contributed by atoms with E-state index in [4.69, 9.17) is 0 Å². The number of para-hydroxylation sites is 1. The van der Waals surface area contributed by atoms with Crippen molar-refractivity contribution in [3.8, 4) is 0 Å². The van der Waals surface area contributed by atoms with Gasteiger partial charge in [-0.2, -0.15) is 0 Å². The molecular weight excluding hydrogens is 348 g/mol. The lowest BCUT2D eigenvalue weighted by Gasteiger charge is -2.08. The summed E-state index contributed by atoms with van der Waals surface area (Å²) in [6.07, 6.45) is 0. The van der Waals surface area contributed by atoms with Crippen LogP contribution in [0.5, 0.6) is 0 Å². The van der Waals surface area contributed by atoms with Crippen molar-refractivity contribution in [1.29, 1.82) is 0 Å². The Morgan fingerprint density at radius 1 is 1.05 bits per heavy atom. The van der Waals surface area contributed by atoms with Crippen molar-refractivity contribution >= 4 is 44.9 Å². The fraction of sp³-hybridized carbons (Fsp3) is 0.0625. The molecule has 0 spiro atoms. The van der Waals surface area contributed by atoms with Crippen LogP contribution in [-0.4, -0.2) is 17.6 Å². The van der Waals surface area contributed by atoms with E-state index in [1.54, 1.807) is 48.5 Å². The predicted molar refractivity (Wildman–Crippen MR) is 85.6 cm³/mol. The highest BCUT2D eigenvalue weighted by atomic mass is 79.9. The third-order valence-corrected chi connectivity index (χ3v) is 3.91. The Kier molecular flexibility index (Phi) is 3.77. The number of halogens is 1. The number of ketones is 1. The third-order valence-electron chi connectivity index (χ3n) is 3.38. The summed E-state index contributed by atoms with van der Waals surface area (Å²) < 4.78 is 0.862. The third kappa shape index (κ3) is 2.65. The summed E-state index contributed by atoms with van der Waals surface area (Å²) in [5, 5.41) is 5.12. The minimum absolute atomic E-state index is 0.475. The van der Waals surface area contributed by atoms with E-state index in [1.807, 2.05) is 0 Å². The van der Waals surface area contributed by atoms with E-state index in [-0.39, 0.29) is 0 Å². The second kappa shape index (κ2) is 5.73. The van der Waals surface area contributed by atoms with Gasteiger partial charge >= 0.3 is 0 Å². The summed E-state index contributed by atoms with van der Waals surface area (Å²) in [7, 11) is 0. The molecule has 0 bridgehead atoms. The maximum absolute atomic E-state index is 12.3. The second-order valence-electron chi connectivity index (χ2n) is 4.83. The quantitative estimate of drug-likeness (QED) is 0.654. The minimum Gasteiger partial charge on any atom is -0.325 e. The van der Waals surface area contributed by atoms with Crippen LogP contribution in [0.25, 0.3) is 0 Å². The number of hydrogen-bond donors (Lipinski definition) is 2. The molecule has 0 fully saturated rings. The number of carbonyl (C=O) groups is 3. The summed E-state index contributed by atoms with van der Waals surface area (Å²) in [5.74, 6) is -3.15. The normalized spacial score (nSPS) is 15.9. The Bertz CT molecular complexity index is 771. The van der Waals surface area contributed by atoms with Gasteiger partial charge in [0, 0.05) is 15.8 Å². The number of carbonyl (C=O) groups excluding carboxylic acids is 3. The number of fused-ring (bicyclic) bond motifs is 1. The van der Waals surface area contributed by atoms with E-state index < -0.39 is 23.5 Å². The van der Waals surface area contributed by atoms with E-state index >= 15 is 0 Å². The number of Topliss-reactive ketones (excluding diaryl/α,β-unsaturated/α-hetero) is 1. The first-order valence-corrected chi connectivity index (χ1v) is 7.36. The van der Waals surface area contributed by atoms with Crippen LogP contribution >= 0.6 is 15.9 Å². The van der Waals surface area contributed by atoms with E-state index in [0.29, 0.717) is 16.9 Å². The molecule has 1 unspecified atom stereocenters. The average Bonchev–Trinajstić information content (AvgIpc) is 2.84. The molecule has 1 heterocycles. The molecule has 2 aromatic rings. The highest BCUT2D eigenvalue weighted by Gasteiger charge is 2.39. The molecule has 5 nitrogen and oxygen atoms in total. The number of rotatable bonds is 3. The minimum atomic E-state index is -1.09. The van der Waals surface area contributed by atoms with Crippen LogP contribution in [0, 0.1) is 0 Å². The molecule has 0 aromatic heterocycles. The maximum atomic E-state index is 12.3. The van der Waals surface area contributed by atoms with E-state index in [9.17, 15) is 14.4 Å². The van der Waals surface area contributed by atoms with Crippen molar-refractivity contribution in [2.45, 2.75) is 5.92 Å². The van der Waals surface area contributed by atoms with Crippen LogP contribution in [0.4, 0.5) is 11.4 Å². The molecule has 6 heteroatoms. The molecule has 1 atom stereocenters. The summed E-state index contributed by atoms with van der Waals surface area (Å²) in [6, 6.07) is 13.7. The molecule has 0 saturated carbocycles. The van der Waals surface area contributed by atoms with Gasteiger partial charge in [-0.1, -0.05) is 34.1 Å². The van der Waals surface area contributed by atoms with Gasteiger partial charge in [-0.05, 0) is 35.9 Å². The second-order valence-corrected chi connectivity index (χ2v) is 5.75. The monoisotopic (exact) mass is 358 g/mol. The fourth-order valence-corrected chi connectivity index (χ4v) is 2.59. The lowest BCUT2D eigenvalue weighted by molar-refractivity contribution is -0.138. The molecule has 0 saturated heterocycles. The molecule has 0 aliphatic carbocycles. The van der Waals surface area contributed by atoms with Crippen LogP contribution in [0.1, 0.15) is 11.5 Å². The van der Waals surface area contributed by atoms with Gasteiger partial charge in [0.2, 0.25) is 11.7 Å². The molecule has 1 aliphatic heterocycles. The lowest BCUT2D eigenvalue weighted by atomic mass is 9.95. The number of nitrogens with one attached hydrogen (secondary N) is 2. The molecule has 110 valence electrons. The van der Waals surface area contributed by atoms with Gasteiger partial charge in [0.1, 0.15) is 5.92 Å². The lowest BCUT2D eigenvalue weighted by Crippen LogP contribution is -2.31.